The number of nitrogens with two attached hydrogens (primary N) is 1. The highest BCUT2D eigenvalue weighted by atomic mass is 16.5. The van der Waals surface area contributed by atoms with Crippen LogP contribution >= 0.6 is 0 Å². The fourth-order valence-corrected chi connectivity index (χ4v) is 2.73. The van der Waals surface area contributed by atoms with Crippen LogP contribution in [0.3, 0.4) is 0 Å². The third-order valence-corrected chi connectivity index (χ3v) is 3.59. The molecule has 0 unspecified atom stereocenters. The van der Waals surface area contributed by atoms with Crippen molar-refractivity contribution < 1.29 is 4.74 Å². The number of ether oxygens (including phenoxy) is 1. The Morgan fingerprint density at radius 1 is 0.857 bits per heavy atom. The largest absolute Gasteiger partial charge is 0.488 e. The summed E-state index contributed by atoms with van der Waals surface area (Å²) in [6, 6.07) is 18.4. The smallest absolute Gasteiger partial charge is 0.127 e. The molecule has 0 heterocycles. The molecule has 0 spiro atoms. The summed E-state index contributed by atoms with van der Waals surface area (Å²) in [5.74, 6) is 0.874. The zero-order valence-corrected chi connectivity index (χ0v) is 12.4. The zero-order valence-electron chi connectivity index (χ0n) is 12.4. The van der Waals surface area contributed by atoms with Crippen molar-refractivity contribution >= 4 is 16.5 Å². The van der Waals surface area contributed by atoms with E-state index in [1.807, 2.05) is 36.4 Å². The lowest BCUT2D eigenvalue weighted by molar-refractivity contribution is 0.310. The second-order valence-corrected chi connectivity index (χ2v) is 5.48. The van der Waals surface area contributed by atoms with Crippen molar-refractivity contribution in [2.45, 2.75) is 20.5 Å². The van der Waals surface area contributed by atoms with E-state index in [9.17, 15) is 0 Å². The Hall–Kier alpha value is -2.48. The van der Waals surface area contributed by atoms with Gasteiger partial charge in [0.1, 0.15) is 12.4 Å². The average molecular weight is 277 g/mol. The van der Waals surface area contributed by atoms with Crippen LogP contribution in [0.2, 0.25) is 0 Å². The van der Waals surface area contributed by atoms with Crippen LogP contribution in [-0.2, 0) is 6.61 Å². The van der Waals surface area contributed by atoms with Crippen molar-refractivity contribution in [3.8, 4) is 5.75 Å². The Kier molecular flexibility index (Phi) is 3.53. The average Bonchev–Trinajstić information content (AvgIpc) is 2.46. The topological polar surface area (TPSA) is 35.2 Å². The van der Waals surface area contributed by atoms with Gasteiger partial charge < -0.3 is 10.5 Å². The number of nitrogen functional groups attached to an aromatic ring is 1. The van der Waals surface area contributed by atoms with E-state index < -0.39 is 0 Å². The van der Waals surface area contributed by atoms with Gasteiger partial charge in [0.25, 0.3) is 0 Å². The van der Waals surface area contributed by atoms with E-state index in [0.29, 0.717) is 6.61 Å². The number of anilines is 1. The molecule has 106 valence electrons. The third-order valence-electron chi connectivity index (χ3n) is 3.59. The van der Waals surface area contributed by atoms with Crippen LogP contribution in [-0.4, -0.2) is 0 Å². The third kappa shape index (κ3) is 2.84. The SMILES string of the molecule is Cc1cc(C)cc(COc2ccc(N)c3ccccc23)c1. The van der Waals surface area contributed by atoms with Crippen molar-refractivity contribution in [2.24, 2.45) is 0 Å². The molecule has 2 heteroatoms. The maximum atomic E-state index is 6.02. The first-order valence-electron chi connectivity index (χ1n) is 7.11. The van der Waals surface area contributed by atoms with Crippen LogP contribution < -0.4 is 10.5 Å². The Morgan fingerprint density at radius 2 is 1.52 bits per heavy atom. The molecule has 0 aromatic heterocycles. The first-order valence-corrected chi connectivity index (χ1v) is 7.11. The fraction of sp³-hybridized carbons (Fsp3) is 0.158. The summed E-state index contributed by atoms with van der Waals surface area (Å²) in [6.45, 7) is 4.78. The molecule has 0 radical (unpaired) electrons. The highest BCUT2D eigenvalue weighted by Crippen LogP contribution is 2.30. The molecule has 0 aliphatic rings. The molecule has 21 heavy (non-hydrogen) atoms. The van der Waals surface area contributed by atoms with Crippen molar-refractivity contribution in [3.05, 3.63) is 71.3 Å². The molecule has 0 bridgehead atoms. The minimum atomic E-state index is 0.566. The van der Waals surface area contributed by atoms with Gasteiger partial charge in [0.2, 0.25) is 0 Å². The molecule has 0 aliphatic carbocycles. The molecule has 2 N–H and O–H groups in total. The summed E-state index contributed by atoms with van der Waals surface area (Å²) >= 11 is 0. The maximum Gasteiger partial charge on any atom is 0.127 e. The molecule has 0 amide bonds. The summed E-state index contributed by atoms with van der Waals surface area (Å²) in [7, 11) is 0. The van der Waals surface area contributed by atoms with Gasteiger partial charge in [-0.1, -0.05) is 53.6 Å². The van der Waals surface area contributed by atoms with E-state index >= 15 is 0 Å². The lowest BCUT2D eigenvalue weighted by Gasteiger charge is -2.12. The van der Waals surface area contributed by atoms with Gasteiger partial charge in [0.05, 0.1) is 0 Å². The predicted molar refractivity (Wildman–Crippen MR) is 88.6 cm³/mol. The molecule has 0 aliphatic heterocycles. The van der Waals surface area contributed by atoms with E-state index in [0.717, 1.165) is 22.2 Å². The molecule has 2 nitrogen and oxygen atoms in total. The van der Waals surface area contributed by atoms with Gasteiger partial charge in [-0.25, -0.2) is 0 Å². The number of hydrogen-bond acceptors (Lipinski definition) is 2. The maximum absolute atomic E-state index is 6.02. The van der Waals surface area contributed by atoms with Crippen LogP contribution in [0, 0.1) is 13.8 Å². The van der Waals surface area contributed by atoms with E-state index in [1.54, 1.807) is 0 Å². The first kappa shape index (κ1) is 13.5. The Morgan fingerprint density at radius 3 is 2.24 bits per heavy atom. The van der Waals surface area contributed by atoms with Gasteiger partial charge in [0.15, 0.2) is 0 Å². The Labute approximate surface area is 125 Å². The summed E-state index contributed by atoms with van der Waals surface area (Å²) < 4.78 is 6.01. The van der Waals surface area contributed by atoms with E-state index in [2.05, 4.69) is 32.0 Å². The van der Waals surface area contributed by atoms with Gasteiger partial charge in [-0.05, 0) is 31.5 Å². The van der Waals surface area contributed by atoms with Crippen LogP contribution in [0.1, 0.15) is 16.7 Å². The van der Waals surface area contributed by atoms with Crippen LogP contribution in [0.25, 0.3) is 10.8 Å². The van der Waals surface area contributed by atoms with Crippen LogP contribution in [0.5, 0.6) is 5.75 Å². The number of fused-ring (bicyclic) bond motifs is 1. The fourth-order valence-electron chi connectivity index (χ4n) is 2.73. The summed E-state index contributed by atoms with van der Waals surface area (Å²) in [5, 5.41) is 2.09. The van der Waals surface area contributed by atoms with Gasteiger partial charge in [-0.3, -0.25) is 0 Å². The highest BCUT2D eigenvalue weighted by molar-refractivity contribution is 5.96. The van der Waals surface area contributed by atoms with E-state index in [-0.39, 0.29) is 0 Å². The minimum Gasteiger partial charge on any atom is -0.488 e. The lowest BCUT2D eigenvalue weighted by atomic mass is 10.1. The minimum absolute atomic E-state index is 0.566. The Bertz CT molecular complexity index is 772. The molecule has 0 saturated heterocycles. The predicted octanol–water partition coefficient (Wildman–Crippen LogP) is 4.62. The quantitative estimate of drug-likeness (QED) is 0.709. The molecular formula is C19H19NO. The molecule has 0 fully saturated rings. The van der Waals surface area contributed by atoms with Gasteiger partial charge in [-0.2, -0.15) is 0 Å². The van der Waals surface area contributed by atoms with Gasteiger partial charge in [0, 0.05) is 16.5 Å². The zero-order chi connectivity index (χ0) is 14.8. The highest BCUT2D eigenvalue weighted by Gasteiger charge is 2.05. The van der Waals surface area contributed by atoms with Crippen LogP contribution in [0.15, 0.2) is 54.6 Å². The normalized spacial score (nSPS) is 10.8. The standard InChI is InChI=1S/C19H19NO/c1-13-9-14(2)11-15(10-13)12-21-19-8-7-18(20)16-5-3-4-6-17(16)19/h3-11H,12,20H2,1-2H3. The molecular weight excluding hydrogens is 258 g/mol. The molecule has 0 saturated carbocycles. The molecule has 3 aromatic carbocycles. The van der Waals surface area contributed by atoms with E-state index in [1.165, 1.54) is 16.7 Å². The second-order valence-electron chi connectivity index (χ2n) is 5.48. The summed E-state index contributed by atoms with van der Waals surface area (Å²) in [5.41, 5.74) is 10.5. The number of rotatable bonds is 3. The number of aryl methyl sites for hydroxylation is 2. The van der Waals surface area contributed by atoms with Crippen molar-refractivity contribution in [2.75, 3.05) is 5.73 Å². The molecule has 3 aromatic rings. The number of hydrogen-bond donors (Lipinski definition) is 1. The van der Waals surface area contributed by atoms with Crippen molar-refractivity contribution in [3.63, 3.8) is 0 Å². The molecule has 3 rings (SSSR count). The Balaban J connectivity index is 1.90. The monoisotopic (exact) mass is 277 g/mol. The second kappa shape index (κ2) is 5.49. The van der Waals surface area contributed by atoms with Gasteiger partial charge in [-0.15, -0.1) is 0 Å². The summed E-state index contributed by atoms with van der Waals surface area (Å²) in [4.78, 5) is 0. The lowest BCUT2D eigenvalue weighted by Crippen LogP contribution is -1.98. The van der Waals surface area contributed by atoms with E-state index in [4.69, 9.17) is 10.5 Å². The van der Waals surface area contributed by atoms with Crippen molar-refractivity contribution in [1.29, 1.82) is 0 Å². The first-order chi connectivity index (χ1) is 10.1. The van der Waals surface area contributed by atoms with Gasteiger partial charge >= 0.3 is 0 Å². The molecule has 0 atom stereocenters. The number of benzene rings is 3. The van der Waals surface area contributed by atoms with Crippen LogP contribution in [0.4, 0.5) is 5.69 Å². The van der Waals surface area contributed by atoms with Crippen molar-refractivity contribution in [1.82, 2.24) is 0 Å². The summed E-state index contributed by atoms with van der Waals surface area (Å²) in [6.07, 6.45) is 0.